The quantitative estimate of drug-likeness (QED) is 0.871. The van der Waals surface area contributed by atoms with Crippen LogP contribution in [0, 0.1) is 0 Å². The Bertz CT molecular complexity index is 482. The van der Waals surface area contributed by atoms with E-state index in [9.17, 15) is 0 Å². The number of tetrazole rings is 1. The number of hydrogen-bond donors (Lipinski definition) is 1. The number of nitrogens with two attached hydrogens (primary N) is 1. The van der Waals surface area contributed by atoms with Crippen LogP contribution in [0.1, 0.15) is 5.56 Å². The highest BCUT2D eigenvalue weighted by molar-refractivity contribution is 6.35. The summed E-state index contributed by atoms with van der Waals surface area (Å²) in [4.78, 5) is 0. The minimum absolute atomic E-state index is 0.251. The highest BCUT2D eigenvalue weighted by Crippen LogP contribution is 2.21. The average molecular weight is 244 g/mol. The number of hydrogen-bond acceptors (Lipinski definition) is 4. The third-order valence-electron chi connectivity index (χ3n) is 1.89. The van der Waals surface area contributed by atoms with Crippen LogP contribution < -0.4 is 5.73 Å². The maximum absolute atomic E-state index is 5.99. The third kappa shape index (κ3) is 2.19. The van der Waals surface area contributed by atoms with Crippen molar-refractivity contribution in [3.05, 3.63) is 33.8 Å². The van der Waals surface area contributed by atoms with E-state index in [-0.39, 0.29) is 5.95 Å². The zero-order chi connectivity index (χ0) is 10.8. The van der Waals surface area contributed by atoms with Crippen molar-refractivity contribution in [1.82, 2.24) is 20.2 Å². The standard InChI is InChI=1S/C8H7Cl2N5/c9-6-2-1-5(7(10)3-6)4-15-8(11)12-13-14-15/h1-3H,4H2,(H2,11,12,14). The number of nitrogens with zero attached hydrogens (tertiary/aromatic N) is 4. The molecule has 0 amide bonds. The number of anilines is 1. The molecule has 1 aromatic heterocycles. The molecule has 0 spiro atoms. The molecule has 0 aliphatic carbocycles. The Morgan fingerprint density at radius 3 is 2.73 bits per heavy atom. The Labute approximate surface area is 95.8 Å². The molecule has 0 saturated carbocycles. The zero-order valence-corrected chi connectivity index (χ0v) is 9.07. The highest BCUT2D eigenvalue weighted by atomic mass is 35.5. The summed E-state index contributed by atoms with van der Waals surface area (Å²) in [6, 6.07) is 5.23. The molecule has 0 fully saturated rings. The molecule has 15 heavy (non-hydrogen) atoms. The molecule has 7 heteroatoms. The van der Waals surface area contributed by atoms with E-state index in [1.54, 1.807) is 12.1 Å². The van der Waals surface area contributed by atoms with Crippen LogP contribution in [0.3, 0.4) is 0 Å². The van der Waals surface area contributed by atoms with E-state index >= 15 is 0 Å². The van der Waals surface area contributed by atoms with E-state index < -0.39 is 0 Å². The topological polar surface area (TPSA) is 69.6 Å². The Morgan fingerprint density at radius 1 is 1.33 bits per heavy atom. The molecule has 0 bridgehead atoms. The van der Waals surface area contributed by atoms with Crippen LogP contribution in [0.25, 0.3) is 0 Å². The molecule has 2 aromatic rings. The molecule has 0 aliphatic heterocycles. The normalized spacial score (nSPS) is 10.5. The molecule has 1 heterocycles. The lowest BCUT2D eigenvalue weighted by Gasteiger charge is -2.04. The lowest BCUT2D eigenvalue weighted by Crippen LogP contribution is -2.06. The molecule has 0 aliphatic rings. The first-order valence-corrected chi connectivity index (χ1v) is 4.88. The van der Waals surface area contributed by atoms with Gasteiger partial charge in [0.15, 0.2) is 0 Å². The molecule has 5 nitrogen and oxygen atoms in total. The van der Waals surface area contributed by atoms with E-state index in [2.05, 4.69) is 15.5 Å². The first kappa shape index (κ1) is 10.2. The molecular weight excluding hydrogens is 237 g/mol. The Morgan fingerprint density at radius 2 is 2.13 bits per heavy atom. The van der Waals surface area contributed by atoms with Gasteiger partial charge in [-0.1, -0.05) is 34.4 Å². The van der Waals surface area contributed by atoms with Gasteiger partial charge in [-0.3, -0.25) is 0 Å². The molecule has 0 saturated heterocycles. The fraction of sp³-hybridized carbons (Fsp3) is 0.125. The van der Waals surface area contributed by atoms with Gasteiger partial charge in [-0.2, -0.15) is 0 Å². The van der Waals surface area contributed by atoms with Crippen molar-refractivity contribution in [2.45, 2.75) is 6.54 Å². The third-order valence-corrected chi connectivity index (χ3v) is 2.48. The number of aromatic nitrogens is 4. The molecule has 2 N–H and O–H groups in total. The average Bonchev–Trinajstić information content (AvgIpc) is 2.57. The predicted octanol–water partition coefficient (Wildman–Crippen LogP) is 1.61. The van der Waals surface area contributed by atoms with Crippen molar-refractivity contribution in [2.24, 2.45) is 0 Å². The number of halogens is 2. The fourth-order valence-electron chi connectivity index (χ4n) is 1.14. The maximum atomic E-state index is 5.99. The largest absolute Gasteiger partial charge is 0.367 e. The van der Waals surface area contributed by atoms with Gasteiger partial charge in [0.05, 0.1) is 6.54 Å². The van der Waals surface area contributed by atoms with Gasteiger partial charge < -0.3 is 5.73 Å². The van der Waals surface area contributed by atoms with E-state index in [1.807, 2.05) is 6.07 Å². The summed E-state index contributed by atoms with van der Waals surface area (Å²) in [6.07, 6.45) is 0. The zero-order valence-electron chi connectivity index (χ0n) is 7.56. The van der Waals surface area contributed by atoms with Crippen LogP contribution >= 0.6 is 23.2 Å². The Kier molecular flexibility index (Phi) is 2.75. The molecular formula is C8H7Cl2N5. The summed E-state index contributed by atoms with van der Waals surface area (Å²) in [5.41, 5.74) is 6.39. The number of nitrogen functional groups attached to an aromatic ring is 1. The summed E-state index contributed by atoms with van der Waals surface area (Å²) < 4.78 is 1.45. The van der Waals surface area contributed by atoms with E-state index in [4.69, 9.17) is 28.9 Å². The van der Waals surface area contributed by atoms with Crippen molar-refractivity contribution in [3.8, 4) is 0 Å². The minimum Gasteiger partial charge on any atom is -0.367 e. The number of rotatable bonds is 2. The van der Waals surface area contributed by atoms with Crippen molar-refractivity contribution in [1.29, 1.82) is 0 Å². The predicted molar refractivity (Wildman–Crippen MR) is 57.8 cm³/mol. The van der Waals surface area contributed by atoms with Gasteiger partial charge in [-0.05, 0) is 28.1 Å². The molecule has 0 atom stereocenters. The van der Waals surface area contributed by atoms with Gasteiger partial charge in [-0.15, -0.1) is 0 Å². The summed E-state index contributed by atoms with van der Waals surface area (Å²) in [7, 11) is 0. The van der Waals surface area contributed by atoms with Crippen molar-refractivity contribution in [2.75, 3.05) is 5.73 Å². The summed E-state index contributed by atoms with van der Waals surface area (Å²) in [5.74, 6) is 0.251. The highest BCUT2D eigenvalue weighted by Gasteiger charge is 2.06. The van der Waals surface area contributed by atoms with Gasteiger partial charge in [0.1, 0.15) is 0 Å². The van der Waals surface area contributed by atoms with Gasteiger partial charge in [0.2, 0.25) is 5.95 Å². The van der Waals surface area contributed by atoms with Gasteiger partial charge in [-0.25, -0.2) is 4.68 Å². The second-order valence-electron chi connectivity index (χ2n) is 2.93. The number of benzene rings is 1. The Hall–Kier alpha value is -1.33. The van der Waals surface area contributed by atoms with Gasteiger partial charge in [0.25, 0.3) is 0 Å². The minimum atomic E-state index is 0.251. The second-order valence-corrected chi connectivity index (χ2v) is 3.77. The van der Waals surface area contributed by atoms with E-state index in [1.165, 1.54) is 4.68 Å². The lowest BCUT2D eigenvalue weighted by molar-refractivity contribution is 0.655. The monoisotopic (exact) mass is 243 g/mol. The van der Waals surface area contributed by atoms with Crippen LogP contribution in [0.15, 0.2) is 18.2 Å². The van der Waals surface area contributed by atoms with Gasteiger partial charge in [0, 0.05) is 10.0 Å². The lowest BCUT2D eigenvalue weighted by atomic mass is 10.2. The van der Waals surface area contributed by atoms with Crippen LogP contribution in [0.4, 0.5) is 5.95 Å². The molecule has 0 radical (unpaired) electrons. The molecule has 2 rings (SSSR count). The van der Waals surface area contributed by atoms with Crippen molar-refractivity contribution >= 4 is 29.2 Å². The Balaban J connectivity index is 2.29. The van der Waals surface area contributed by atoms with Crippen LogP contribution in [-0.4, -0.2) is 20.2 Å². The van der Waals surface area contributed by atoms with Crippen LogP contribution in [0.2, 0.25) is 10.0 Å². The SMILES string of the molecule is Nc1nnnn1Cc1ccc(Cl)cc1Cl. The molecule has 0 unspecified atom stereocenters. The first-order valence-electron chi connectivity index (χ1n) is 4.12. The smallest absolute Gasteiger partial charge is 0.240 e. The van der Waals surface area contributed by atoms with Crippen LogP contribution in [0.5, 0.6) is 0 Å². The maximum Gasteiger partial charge on any atom is 0.240 e. The first-order chi connectivity index (χ1) is 7.16. The summed E-state index contributed by atoms with van der Waals surface area (Å²) >= 11 is 11.8. The van der Waals surface area contributed by atoms with Gasteiger partial charge >= 0.3 is 0 Å². The summed E-state index contributed by atoms with van der Waals surface area (Å²) in [6.45, 7) is 0.425. The van der Waals surface area contributed by atoms with E-state index in [0.717, 1.165) is 5.56 Å². The fourth-order valence-corrected chi connectivity index (χ4v) is 1.60. The molecule has 1 aromatic carbocycles. The molecule has 78 valence electrons. The van der Waals surface area contributed by atoms with Crippen molar-refractivity contribution < 1.29 is 0 Å². The summed E-state index contributed by atoms with van der Waals surface area (Å²) in [5, 5.41) is 11.9. The second kappa shape index (κ2) is 4.04. The van der Waals surface area contributed by atoms with Crippen molar-refractivity contribution in [3.63, 3.8) is 0 Å². The van der Waals surface area contributed by atoms with Crippen LogP contribution in [-0.2, 0) is 6.54 Å². The van der Waals surface area contributed by atoms with E-state index in [0.29, 0.717) is 16.6 Å².